The summed E-state index contributed by atoms with van der Waals surface area (Å²) < 4.78 is 6.71. The van der Waals surface area contributed by atoms with Crippen LogP contribution < -0.4 is 5.73 Å². The molecule has 0 spiro atoms. The largest absolute Gasteiger partial charge is 0.442 e. The number of aromatic nitrogens is 1. The highest BCUT2D eigenvalue weighted by atomic mass is 16.5. The zero-order valence-corrected chi connectivity index (χ0v) is 9.43. The van der Waals surface area contributed by atoms with Crippen molar-refractivity contribution in [1.82, 2.24) is 4.57 Å². The van der Waals surface area contributed by atoms with E-state index in [9.17, 15) is 4.79 Å². The summed E-state index contributed by atoms with van der Waals surface area (Å²) in [5.41, 5.74) is 6.49. The predicted molar refractivity (Wildman–Crippen MR) is 59.6 cm³/mol. The number of aryl methyl sites for hydroxylation is 1. The summed E-state index contributed by atoms with van der Waals surface area (Å²) >= 11 is 0. The SMILES string of the molecule is CCC(C#N)OC(=O)c1cc(N)cn1CC. The lowest BCUT2D eigenvalue weighted by Crippen LogP contribution is -2.18. The van der Waals surface area contributed by atoms with Crippen molar-refractivity contribution in [2.24, 2.45) is 0 Å². The molecule has 5 heteroatoms. The first-order valence-corrected chi connectivity index (χ1v) is 5.18. The summed E-state index contributed by atoms with van der Waals surface area (Å²) in [7, 11) is 0. The zero-order chi connectivity index (χ0) is 12.1. The molecule has 16 heavy (non-hydrogen) atoms. The van der Waals surface area contributed by atoms with Crippen LogP contribution in [0.15, 0.2) is 12.3 Å². The molecular formula is C11H15N3O2. The molecule has 1 atom stereocenters. The maximum Gasteiger partial charge on any atom is 0.356 e. The van der Waals surface area contributed by atoms with Crippen molar-refractivity contribution in [3.63, 3.8) is 0 Å². The monoisotopic (exact) mass is 221 g/mol. The van der Waals surface area contributed by atoms with Crippen LogP contribution in [0.4, 0.5) is 5.69 Å². The van der Waals surface area contributed by atoms with E-state index >= 15 is 0 Å². The number of nitriles is 1. The molecule has 0 fully saturated rings. The summed E-state index contributed by atoms with van der Waals surface area (Å²) in [4.78, 5) is 11.7. The number of esters is 1. The quantitative estimate of drug-likeness (QED) is 0.782. The Morgan fingerprint density at radius 3 is 2.88 bits per heavy atom. The minimum Gasteiger partial charge on any atom is -0.442 e. The van der Waals surface area contributed by atoms with E-state index in [4.69, 9.17) is 15.7 Å². The molecule has 0 aromatic carbocycles. The van der Waals surface area contributed by atoms with Gasteiger partial charge in [0.15, 0.2) is 6.10 Å². The van der Waals surface area contributed by atoms with Gasteiger partial charge in [-0.15, -0.1) is 0 Å². The number of nitrogen functional groups attached to an aromatic ring is 1. The number of hydrogen-bond acceptors (Lipinski definition) is 4. The number of anilines is 1. The average Bonchev–Trinajstić information content (AvgIpc) is 2.67. The second-order valence-corrected chi connectivity index (χ2v) is 3.38. The van der Waals surface area contributed by atoms with Crippen LogP contribution in [0, 0.1) is 11.3 Å². The fraction of sp³-hybridized carbons (Fsp3) is 0.455. The van der Waals surface area contributed by atoms with Crippen LogP contribution in [0.2, 0.25) is 0 Å². The number of rotatable bonds is 4. The number of carbonyl (C=O) groups is 1. The Bertz CT molecular complexity index is 417. The van der Waals surface area contributed by atoms with Gasteiger partial charge in [0.1, 0.15) is 11.8 Å². The van der Waals surface area contributed by atoms with Gasteiger partial charge in [-0.25, -0.2) is 4.79 Å². The lowest BCUT2D eigenvalue weighted by Gasteiger charge is -2.09. The van der Waals surface area contributed by atoms with E-state index in [-0.39, 0.29) is 0 Å². The lowest BCUT2D eigenvalue weighted by molar-refractivity contribution is 0.0389. The van der Waals surface area contributed by atoms with E-state index in [1.54, 1.807) is 23.8 Å². The number of ether oxygens (including phenoxy) is 1. The molecule has 0 aliphatic rings. The third-order valence-electron chi connectivity index (χ3n) is 2.23. The van der Waals surface area contributed by atoms with Crippen molar-refractivity contribution in [3.8, 4) is 6.07 Å². The van der Waals surface area contributed by atoms with Crippen LogP contribution in [0.25, 0.3) is 0 Å². The van der Waals surface area contributed by atoms with Crippen LogP contribution >= 0.6 is 0 Å². The second-order valence-electron chi connectivity index (χ2n) is 3.38. The Hall–Kier alpha value is -1.96. The molecule has 0 bridgehead atoms. The standard InChI is InChI=1S/C11H15N3O2/c1-3-9(6-12)16-11(15)10-5-8(13)7-14(10)4-2/h5,7,9H,3-4,13H2,1-2H3. The summed E-state index contributed by atoms with van der Waals surface area (Å²) in [5, 5.41) is 8.69. The minimum absolute atomic E-state index is 0.383. The third-order valence-corrected chi connectivity index (χ3v) is 2.23. The third kappa shape index (κ3) is 2.54. The highest BCUT2D eigenvalue weighted by molar-refractivity contribution is 5.89. The van der Waals surface area contributed by atoms with Crippen molar-refractivity contribution < 1.29 is 9.53 Å². The Morgan fingerprint density at radius 2 is 2.38 bits per heavy atom. The summed E-state index contributed by atoms with van der Waals surface area (Å²) in [6.07, 6.45) is 1.45. The first kappa shape index (κ1) is 12.1. The predicted octanol–water partition coefficient (Wildman–Crippen LogP) is 1.55. The fourth-order valence-corrected chi connectivity index (χ4v) is 1.36. The number of nitrogens with two attached hydrogens (primary N) is 1. The Morgan fingerprint density at radius 1 is 1.69 bits per heavy atom. The Balaban J connectivity index is 2.84. The fourth-order valence-electron chi connectivity index (χ4n) is 1.36. The first-order valence-electron chi connectivity index (χ1n) is 5.18. The number of carbonyl (C=O) groups excluding carboxylic acids is 1. The van der Waals surface area contributed by atoms with E-state index in [1.807, 2.05) is 13.0 Å². The van der Waals surface area contributed by atoms with Gasteiger partial charge < -0.3 is 15.0 Å². The van der Waals surface area contributed by atoms with Crippen molar-refractivity contribution in [3.05, 3.63) is 18.0 Å². The summed E-state index contributed by atoms with van der Waals surface area (Å²) in [6, 6.07) is 3.46. The van der Waals surface area contributed by atoms with E-state index < -0.39 is 12.1 Å². The first-order chi connectivity index (χ1) is 7.62. The van der Waals surface area contributed by atoms with Gasteiger partial charge in [0.25, 0.3) is 0 Å². The number of nitrogens with zero attached hydrogens (tertiary/aromatic N) is 2. The van der Waals surface area contributed by atoms with Crippen molar-refractivity contribution in [1.29, 1.82) is 5.26 Å². The molecule has 0 saturated carbocycles. The van der Waals surface area contributed by atoms with Gasteiger partial charge in [-0.3, -0.25) is 0 Å². The van der Waals surface area contributed by atoms with Crippen LogP contribution in [-0.4, -0.2) is 16.6 Å². The highest BCUT2D eigenvalue weighted by Gasteiger charge is 2.17. The molecule has 1 aromatic rings. The maximum atomic E-state index is 11.7. The second kappa shape index (κ2) is 5.21. The molecule has 1 heterocycles. The van der Waals surface area contributed by atoms with Crippen LogP contribution in [0.1, 0.15) is 30.8 Å². The molecule has 5 nitrogen and oxygen atoms in total. The normalized spacial score (nSPS) is 11.8. The van der Waals surface area contributed by atoms with E-state index in [2.05, 4.69) is 0 Å². The molecule has 0 saturated heterocycles. The van der Waals surface area contributed by atoms with Crippen LogP contribution in [-0.2, 0) is 11.3 Å². The van der Waals surface area contributed by atoms with Crippen molar-refractivity contribution in [2.45, 2.75) is 32.9 Å². The van der Waals surface area contributed by atoms with Crippen LogP contribution in [0.5, 0.6) is 0 Å². The molecule has 0 amide bonds. The Labute approximate surface area is 94.4 Å². The van der Waals surface area contributed by atoms with Crippen molar-refractivity contribution in [2.75, 3.05) is 5.73 Å². The average molecular weight is 221 g/mol. The van der Waals surface area contributed by atoms with Gasteiger partial charge in [0.2, 0.25) is 0 Å². The molecule has 0 radical (unpaired) electrons. The lowest BCUT2D eigenvalue weighted by atomic mass is 10.3. The van der Waals surface area contributed by atoms with Gasteiger partial charge in [0, 0.05) is 12.7 Å². The topological polar surface area (TPSA) is 81.0 Å². The molecule has 1 rings (SSSR count). The molecule has 1 unspecified atom stereocenters. The van der Waals surface area contributed by atoms with Gasteiger partial charge >= 0.3 is 5.97 Å². The molecular weight excluding hydrogens is 206 g/mol. The molecule has 86 valence electrons. The van der Waals surface area contributed by atoms with E-state index in [1.165, 1.54) is 0 Å². The molecule has 1 aromatic heterocycles. The van der Waals surface area contributed by atoms with Gasteiger partial charge in [0.05, 0.1) is 5.69 Å². The van der Waals surface area contributed by atoms with E-state index in [0.717, 1.165) is 0 Å². The van der Waals surface area contributed by atoms with Crippen LogP contribution in [0.3, 0.4) is 0 Å². The summed E-state index contributed by atoms with van der Waals surface area (Å²) in [6.45, 7) is 4.32. The molecule has 2 N–H and O–H groups in total. The smallest absolute Gasteiger partial charge is 0.356 e. The molecule has 0 aliphatic heterocycles. The molecule has 0 aliphatic carbocycles. The van der Waals surface area contributed by atoms with Gasteiger partial charge in [-0.05, 0) is 19.4 Å². The van der Waals surface area contributed by atoms with Gasteiger partial charge in [-0.2, -0.15) is 5.26 Å². The van der Waals surface area contributed by atoms with Crippen molar-refractivity contribution >= 4 is 11.7 Å². The zero-order valence-electron chi connectivity index (χ0n) is 9.43. The minimum atomic E-state index is -0.700. The van der Waals surface area contributed by atoms with Gasteiger partial charge in [-0.1, -0.05) is 6.92 Å². The highest BCUT2D eigenvalue weighted by Crippen LogP contribution is 2.13. The summed E-state index contributed by atoms with van der Waals surface area (Å²) in [5.74, 6) is -0.507. The number of hydrogen-bond donors (Lipinski definition) is 1. The van der Waals surface area contributed by atoms with E-state index in [0.29, 0.717) is 24.3 Å². The Kier molecular flexibility index (Phi) is 3.95. The maximum absolute atomic E-state index is 11.7.